The smallest absolute Gasteiger partial charge is 0.329 e. The average Bonchev–Trinajstić information content (AvgIpc) is 1.66. The Bertz CT molecular complexity index is 70.4. The predicted octanol–water partition coefficient (Wildman–Crippen LogP) is -0.482. The first-order chi connectivity index (χ1) is 3.77. The summed E-state index contributed by atoms with van der Waals surface area (Å²) < 4.78 is 4.33. The van der Waals surface area contributed by atoms with E-state index in [1.165, 1.54) is 0 Å². The van der Waals surface area contributed by atoms with Gasteiger partial charge in [-0.2, -0.15) is 0 Å². The first kappa shape index (κ1) is 7.39. The number of rotatable bonds is 4. The van der Waals surface area contributed by atoms with Crippen LogP contribution in [-0.2, 0) is 14.6 Å². The molecule has 0 heterocycles. The summed E-state index contributed by atoms with van der Waals surface area (Å²) in [6, 6.07) is 0. The molecule has 0 unspecified atom stereocenters. The highest BCUT2D eigenvalue weighted by molar-refractivity contribution is 5.67. The minimum Gasteiger partial charge on any atom is -0.480 e. The molecule has 0 aromatic heterocycles. The van der Waals surface area contributed by atoms with Crippen LogP contribution in [0, 0.1) is 0 Å². The summed E-state index contributed by atoms with van der Waals surface area (Å²) in [5.74, 6) is -1.04. The third kappa shape index (κ3) is 5.39. The second kappa shape index (κ2) is 4.55. The Balaban J connectivity index is 2.82. The number of hydrogen-bond acceptors (Lipinski definition) is 2. The summed E-state index contributed by atoms with van der Waals surface area (Å²) in [5.41, 5.74) is 0. The zero-order valence-corrected chi connectivity index (χ0v) is 4.29. The van der Waals surface area contributed by atoms with Crippen molar-refractivity contribution in [3.05, 3.63) is 0 Å². The molecule has 0 aliphatic heterocycles. The van der Waals surface area contributed by atoms with E-state index >= 15 is 0 Å². The number of ether oxygens (including phenoxy) is 1. The van der Waals surface area contributed by atoms with Crippen molar-refractivity contribution in [3.63, 3.8) is 0 Å². The fourth-order valence-electron chi connectivity index (χ4n) is 0.218. The van der Waals surface area contributed by atoms with Crippen LogP contribution in [0.1, 0.15) is 0 Å². The molecule has 8 heavy (non-hydrogen) atoms. The van der Waals surface area contributed by atoms with Crippen LogP contribution in [0.5, 0.6) is 0 Å². The second-order valence-corrected chi connectivity index (χ2v) is 1.15. The lowest BCUT2D eigenvalue weighted by molar-refractivity contribution is -0.142. The molecule has 0 aromatic carbocycles. The number of carbonyl (C=O) groups is 1. The Morgan fingerprint density at radius 2 is 2.25 bits per heavy atom. The second-order valence-electron chi connectivity index (χ2n) is 1.15. The summed E-state index contributed by atoms with van der Waals surface area (Å²) in [7, 11) is 0. The van der Waals surface area contributed by atoms with Crippen LogP contribution in [0.2, 0.25) is 0 Å². The molecule has 0 atom stereocenters. The lowest BCUT2D eigenvalue weighted by Gasteiger charge is -1.92. The van der Waals surface area contributed by atoms with Gasteiger partial charge < -0.3 is 9.84 Å². The van der Waals surface area contributed by atoms with Crippen LogP contribution < -0.4 is 0 Å². The van der Waals surface area contributed by atoms with Crippen molar-refractivity contribution in [1.82, 2.24) is 0 Å². The molecular weight excluding hydrogens is 112 g/mol. The molecule has 1 N–H and O–H groups in total. The molecule has 0 aliphatic rings. The van der Waals surface area contributed by atoms with Crippen molar-refractivity contribution in [2.75, 3.05) is 19.8 Å². The molecule has 0 aromatic rings. The summed E-state index contributed by atoms with van der Waals surface area (Å²) in [6.07, 6.45) is 0. The predicted molar refractivity (Wildman–Crippen MR) is 24.0 cm³/mol. The van der Waals surface area contributed by atoms with E-state index < -0.39 is 5.97 Å². The Morgan fingerprint density at radius 1 is 1.62 bits per heavy atom. The minimum atomic E-state index is -1.04. The Labute approximate surface area is 46.7 Å². The van der Waals surface area contributed by atoms with Gasteiger partial charge in [-0.15, -0.1) is 0 Å². The molecular formula is C4H7O4. The third-order valence-electron chi connectivity index (χ3n) is 0.453. The lowest BCUT2D eigenvalue weighted by Crippen LogP contribution is -2.08. The van der Waals surface area contributed by atoms with Gasteiger partial charge in [0.05, 0.1) is 6.61 Å². The topological polar surface area (TPSA) is 66.4 Å². The van der Waals surface area contributed by atoms with Gasteiger partial charge in [0.25, 0.3) is 0 Å². The molecule has 0 amide bonds. The summed E-state index contributed by atoms with van der Waals surface area (Å²) in [6.45, 7) is -0.776. The average molecular weight is 119 g/mol. The van der Waals surface area contributed by atoms with Crippen molar-refractivity contribution in [2.24, 2.45) is 0 Å². The Kier molecular flexibility index (Phi) is 4.20. The van der Waals surface area contributed by atoms with E-state index in [0.717, 1.165) is 0 Å². The van der Waals surface area contributed by atoms with Crippen molar-refractivity contribution in [2.45, 2.75) is 0 Å². The van der Waals surface area contributed by atoms with Crippen molar-refractivity contribution in [1.29, 1.82) is 0 Å². The number of hydrogen-bond donors (Lipinski definition) is 1. The van der Waals surface area contributed by atoms with E-state index in [9.17, 15) is 9.90 Å². The molecule has 0 spiro atoms. The normalized spacial score (nSPS) is 9.12. The van der Waals surface area contributed by atoms with E-state index in [2.05, 4.69) is 4.74 Å². The van der Waals surface area contributed by atoms with Gasteiger partial charge in [-0.05, 0) is 0 Å². The van der Waals surface area contributed by atoms with E-state index in [4.69, 9.17) is 5.11 Å². The fourth-order valence-corrected chi connectivity index (χ4v) is 0.218. The molecule has 0 fully saturated rings. The van der Waals surface area contributed by atoms with Crippen LogP contribution in [0.15, 0.2) is 0 Å². The Hall–Kier alpha value is -0.610. The van der Waals surface area contributed by atoms with Gasteiger partial charge in [0.1, 0.15) is 13.2 Å². The molecule has 0 aliphatic carbocycles. The largest absolute Gasteiger partial charge is 0.480 e. The van der Waals surface area contributed by atoms with Gasteiger partial charge in [-0.1, -0.05) is 0 Å². The van der Waals surface area contributed by atoms with Gasteiger partial charge in [0.2, 0.25) is 0 Å². The van der Waals surface area contributed by atoms with E-state index in [0.29, 0.717) is 0 Å². The van der Waals surface area contributed by atoms with E-state index in [1.807, 2.05) is 0 Å². The highest BCUT2D eigenvalue weighted by Crippen LogP contribution is 1.71. The van der Waals surface area contributed by atoms with Crippen molar-refractivity contribution in [3.8, 4) is 0 Å². The first-order valence-electron chi connectivity index (χ1n) is 2.15. The maximum absolute atomic E-state index is 9.65. The van der Waals surface area contributed by atoms with Gasteiger partial charge in [-0.3, -0.25) is 0 Å². The van der Waals surface area contributed by atoms with Gasteiger partial charge in [-0.25, -0.2) is 9.90 Å². The molecule has 4 heteroatoms. The standard InChI is InChI=1S/C4H7O4/c5-1-2-8-3-4(6)7/h1-3H2,(H,6,7). The van der Waals surface area contributed by atoms with Crippen LogP contribution in [0.25, 0.3) is 0 Å². The molecule has 47 valence electrons. The zero-order chi connectivity index (χ0) is 6.41. The molecule has 0 rings (SSSR count). The maximum Gasteiger partial charge on any atom is 0.329 e. The summed E-state index contributed by atoms with van der Waals surface area (Å²) in [5, 5.41) is 17.5. The monoisotopic (exact) mass is 119 g/mol. The van der Waals surface area contributed by atoms with Gasteiger partial charge in [0, 0.05) is 0 Å². The number of aliphatic carboxylic acids is 1. The zero-order valence-electron chi connectivity index (χ0n) is 4.29. The van der Waals surface area contributed by atoms with Crippen LogP contribution in [-0.4, -0.2) is 30.9 Å². The third-order valence-corrected chi connectivity index (χ3v) is 0.453. The van der Waals surface area contributed by atoms with Crippen LogP contribution >= 0.6 is 0 Å². The first-order valence-corrected chi connectivity index (χ1v) is 2.15. The molecule has 4 nitrogen and oxygen atoms in total. The maximum atomic E-state index is 9.65. The quantitative estimate of drug-likeness (QED) is 0.508. The van der Waals surface area contributed by atoms with E-state index in [1.54, 1.807) is 0 Å². The summed E-state index contributed by atoms with van der Waals surface area (Å²) >= 11 is 0. The van der Waals surface area contributed by atoms with Gasteiger partial charge in [0.15, 0.2) is 0 Å². The fraction of sp³-hybridized carbons (Fsp3) is 0.750. The number of carboxylic acid groups (broad SMARTS) is 1. The Morgan fingerprint density at radius 3 is 2.62 bits per heavy atom. The van der Waals surface area contributed by atoms with Crippen LogP contribution in [0.3, 0.4) is 0 Å². The number of carboxylic acids is 1. The van der Waals surface area contributed by atoms with Crippen molar-refractivity contribution < 1.29 is 19.7 Å². The van der Waals surface area contributed by atoms with Gasteiger partial charge >= 0.3 is 5.97 Å². The van der Waals surface area contributed by atoms with Crippen molar-refractivity contribution >= 4 is 5.97 Å². The molecule has 1 radical (unpaired) electrons. The van der Waals surface area contributed by atoms with Crippen LogP contribution in [0.4, 0.5) is 0 Å². The SMILES string of the molecule is [O]CCOCC(=O)O. The summed E-state index contributed by atoms with van der Waals surface area (Å²) in [4.78, 5) is 9.65. The highest BCUT2D eigenvalue weighted by atomic mass is 16.5. The van der Waals surface area contributed by atoms with E-state index in [-0.39, 0.29) is 19.8 Å². The lowest BCUT2D eigenvalue weighted by atomic mass is 10.7. The molecule has 0 bridgehead atoms. The molecule has 0 saturated carbocycles. The molecule has 0 saturated heterocycles. The minimum absolute atomic E-state index is 0.0215. The highest BCUT2D eigenvalue weighted by Gasteiger charge is 1.93.